The molecule has 0 unspecified atom stereocenters. The zero-order valence-electron chi connectivity index (χ0n) is 11.3. The SMILES string of the molecule is Nc1nc(OCCc2ccccn2)cc(-c2ccco2)n1. The Morgan fingerprint density at radius 1 is 1.14 bits per heavy atom. The lowest BCUT2D eigenvalue weighted by Crippen LogP contribution is -2.06. The van der Waals surface area contributed by atoms with Gasteiger partial charge in [0.05, 0.1) is 12.9 Å². The van der Waals surface area contributed by atoms with Crippen LogP contribution in [0.25, 0.3) is 11.5 Å². The summed E-state index contributed by atoms with van der Waals surface area (Å²) >= 11 is 0. The largest absolute Gasteiger partial charge is 0.477 e. The van der Waals surface area contributed by atoms with Crippen molar-refractivity contribution in [3.63, 3.8) is 0 Å². The average molecular weight is 282 g/mol. The number of hydrogen-bond donors (Lipinski definition) is 1. The predicted octanol–water partition coefficient (Wildman–Crippen LogP) is 2.34. The monoisotopic (exact) mass is 282 g/mol. The lowest BCUT2D eigenvalue weighted by molar-refractivity contribution is 0.308. The molecule has 0 saturated heterocycles. The van der Waals surface area contributed by atoms with E-state index in [1.807, 2.05) is 18.2 Å². The van der Waals surface area contributed by atoms with Gasteiger partial charge in [0.25, 0.3) is 0 Å². The number of aromatic nitrogens is 3. The molecular formula is C15H14N4O2. The van der Waals surface area contributed by atoms with Crippen molar-refractivity contribution in [1.29, 1.82) is 0 Å². The van der Waals surface area contributed by atoms with E-state index in [0.717, 1.165) is 5.69 Å². The van der Waals surface area contributed by atoms with Crippen molar-refractivity contribution in [3.8, 4) is 17.3 Å². The summed E-state index contributed by atoms with van der Waals surface area (Å²) in [5, 5.41) is 0. The molecule has 0 aliphatic heterocycles. The van der Waals surface area contributed by atoms with Crippen LogP contribution >= 0.6 is 0 Å². The Labute approximate surface area is 121 Å². The summed E-state index contributed by atoms with van der Waals surface area (Å²) in [6, 6.07) is 11.1. The number of nitrogens with zero attached hydrogens (tertiary/aromatic N) is 3. The third-order valence-electron chi connectivity index (χ3n) is 2.83. The van der Waals surface area contributed by atoms with E-state index in [0.29, 0.717) is 30.4 Å². The summed E-state index contributed by atoms with van der Waals surface area (Å²) in [7, 11) is 0. The number of hydrogen-bond acceptors (Lipinski definition) is 6. The number of nitrogens with two attached hydrogens (primary N) is 1. The Bertz CT molecular complexity index is 699. The highest BCUT2D eigenvalue weighted by Crippen LogP contribution is 2.22. The van der Waals surface area contributed by atoms with E-state index < -0.39 is 0 Å². The molecule has 0 saturated carbocycles. The number of ether oxygens (including phenoxy) is 1. The van der Waals surface area contributed by atoms with Crippen molar-refractivity contribution in [3.05, 3.63) is 54.6 Å². The quantitative estimate of drug-likeness (QED) is 0.772. The van der Waals surface area contributed by atoms with E-state index in [1.54, 1.807) is 30.7 Å². The van der Waals surface area contributed by atoms with Crippen molar-refractivity contribution in [2.75, 3.05) is 12.3 Å². The Hall–Kier alpha value is -2.89. The summed E-state index contributed by atoms with van der Waals surface area (Å²) in [5.41, 5.74) is 7.25. The molecule has 106 valence electrons. The van der Waals surface area contributed by atoms with Crippen LogP contribution in [0, 0.1) is 0 Å². The maximum atomic E-state index is 5.69. The number of pyridine rings is 1. The molecule has 0 atom stereocenters. The van der Waals surface area contributed by atoms with Crippen LogP contribution in [0.15, 0.2) is 53.3 Å². The summed E-state index contributed by atoms with van der Waals surface area (Å²) in [6.07, 6.45) is 4.03. The van der Waals surface area contributed by atoms with Gasteiger partial charge in [0.2, 0.25) is 11.8 Å². The molecule has 0 spiro atoms. The standard InChI is InChI=1S/C15H14N4O2/c16-15-18-12(13-5-3-8-20-13)10-14(19-15)21-9-6-11-4-1-2-7-17-11/h1-5,7-8,10H,6,9H2,(H2,16,18,19). The molecule has 0 amide bonds. The van der Waals surface area contributed by atoms with E-state index in [2.05, 4.69) is 15.0 Å². The summed E-state index contributed by atoms with van der Waals surface area (Å²) in [4.78, 5) is 12.4. The molecule has 0 fully saturated rings. The molecule has 0 aliphatic rings. The average Bonchev–Trinajstić information content (AvgIpc) is 3.02. The molecule has 3 heterocycles. The second kappa shape index (κ2) is 6.04. The van der Waals surface area contributed by atoms with Gasteiger partial charge in [0.15, 0.2) is 5.76 Å². The van der Waals surface area contributed by atoms with Crippen LogP contribution in [0.5, 0.6) is 5.88 Å². The van der Waals surface area contributed by atoms with E-state index >= 15 is 0 Å². The Balaban J connectivity index is 1.68. The van der Waals surface area contributed by atoms with Crippen LogP contribution in [0.3, 0.4) is 0 Å². The second-order valence-corrected chi connectivity index (χ2v) is 4.35. The molecule has 3 aromatic rings. The van der Waals surface area contributed by atoms with Crippen LogP contribution in [-0.4, -0.2) is 21.6 Å². The minimum atomic E-state index is 0.150. The van der Waals surface area contributed by atoms with E-state index in [4.69, 9.17) is 14.9 Å². The smallest absolute Gasteiger partial charge is 0.223 e. The molecule has 3 rings (SSSR count). The van der Waals surface area contributed by atoms with Crippen molar-refractivity contribution in [2.24, 2.45) is 0 Å². The second-order valence-electron chi connectivity index (χ2n) is 4.35. The van der Waals surface area contributed by atoms with Crippen LogP contribution in [-0.2, 0) is 6.42 Å². The molecule has 0 aromatic carbocycles. The van der Waals surface area contributed by atoms with Crippen LogP contribution in [0.1, 0.15) is 5.69 Å². The molecule has 3 aromatic heterocycles. The van der Waals surface area contributed by atoms with Gasteiger partial charge in [-0.25, -0.2) is 4.98 Å². The first-order chi connectivity index (χ1) is 10.3. The minimum absolute atomic E-state index is 0.150. The molecule has 0 radical (unpaired) electrons. The van der Waals surface area contributed by atoms with Gasteiger partial charge in [0, 0.05) is 24.4 Å². The first kappa shape index (κ1) is 13.1. The van der Waals surface area contributed by atoms with Gasteiger partial charge in [-0.3, -0.25) is 4.98 Å². The zero-order chi connectivity index (χ0) is 14.5. The van der Waals surface area contributed by atoms with Crippen LogP contribution < -0.4 is 10.5 Å². The lowest BCUT2D eigenvalue weighted by atomic mass is 10.3. The fourth-order valence-corrected chi connectivity index (χ4v) is 1.87. The minimum Gasteiger partial charge on any atom is -0.477 e. The van der Waals surface area contributed by atoms with Gasteiger partial charge in [-0.05, 0) is 24.3 Å². The highest BCUT2D eigenvalue weighted by atomic mass is 16.5. The highest BCUT2D eigenvalue weighted by Gasteiger charge is 2.08. The highest BCUT2D eigenvalue weighted by molar-refractivity contribution is 5.54. The number of nitrogen functional groups attached to an aromatic ring is 1. The molecule has 21 heavy (non-hydrogen) atoms. The van der Waals surface area contributed by atoms with E-state index in [1.165, 1.54) is 0 Å². The van der Waals surface area contributed by atoms with E-state index in [9.17, 15) is 0 Å². The number of rotatable bonds is 5. The molecule has 6 nitrogen and oxygen atoms in total. The van der Waals surface area contributed by atoms with Crippen molar-refractivity contribution in [1.82, 2.24) is 15.0 Å². The first-order valence-electron chi connectivity index (χ1n) is 6.52. The molecule has 2 N–H and O–H groups in total. The first-order valence-corrected chi connectivity index (χ1v) is 6.52. The summed E-state index contributed by atoms with van der Waals surface area (Å²) in [5.74, 6) is 1.19. The molecular weight excluding hydrogens is 268 g/mol. The molecule has 0 bridgehead atoms. The molecule has 6 heteroatoms. The summed E-state index contributed by atoms with van der Waals surface area (Å²) < 4.78 is 10.9. The normalized spacial score (nSPS) is 10.5. The van der Waals surface area contributed by atoms with Gasteiger partial charge in [-0.2, -0.15) is 4.98 Å². The number of furan rings is 1. The van der Waals surface area contributed by atoms with Crippen molar-refractivity contribution in [2.45, 2.75) is 6.42 Å². The lowest BCUT2D eigenvalue weighted by Gasteiger charge is -2.06. The van der Waals surface area contributed by atoms with Gasteiger partial charge in [-0.15, -0.1) is 0 Å². The third kappa shape index (κ3) is 3.36. The van der Waals surface area contributed by atoms with Gasteiger partial charge < -0.3 is 14.9 Å². The maximum Gasteiger partial charge on any atom is 0.223 e. The van der Waals surface area contributed by atoms with Gasteiger partial charge >= 0.3 is 0 Å². The Morgan fingerprint density at radius 3 is 2.86 bits per heavy atom. The fourth-order valence-electron chi connectivity index (χ4n) is 1.87. The Kier molecular flexibility index (Phi) is 3.77. The predicted molar refractivity (Wildman–Crippen MR) is 77.6 cm³/mol. The Morgan fingerprint density at radius 2 is 2.10 bits per heavy atom. The number of anilines is 1. The van der Waals surface area contributed by atoms with Crippen molar-refractivity contribution >= 4 is 5.95 Å². The van der Waals surface area contributed by atoms with Gasteiger partial charge in [-0.1, -0.05) is 6.07 Å². The maximum absolute atomic E-state index is 5.69. The zero-order valence-corrected chi connectivity index (χ0v) is 11.3. The molecule has 0 aliphatic carbocycles. The third-order valence-corrected chi connectivity index (χ3v) is 2.83. The van der Waals surface area contributed by atoms with Gasteiger partial charge in [0.1, 0.15) is 5.69 Å². The van der Waals surface area contributed by atoms with Crippen LogP contribution in [0.2, 0.25) is 0 Å². The summed E-state index contributed by atoms with van der Waals surface area (Å²) in [6.45, 7) is 0.463. The van der Waals surface area contributed by atoms with E-state index in [-0.39, 0.29) is 5.95 Å². The van der Waals surface area contributed by atoms with Crippen LogP contribution in [0.4, 0.5) is 5.95 Å². The fraction of sp³-hybridized carbons (Fsp3) is 0.133. The van der Waals surface area contributed by atoms with Crippen molar-refractivity contribution < 1.29 is 9.15 Å². The topological polar surface area (TPSA) is 87.1 Å².